The minimum Gasteiger partial charge on any atom is -0.385 e. The Hall–Kier alpha value is -1.99. The number of nitrogens with zero attached hydrogens (tertiary/aromatic N) is 2. The number of benzene rings is 1. The summed E-state index contributed by atoms with van der Waals surface area (Å²) in [6, 6.07) is 11.1. The summed E-state index contributed by atoms with van der Waals surface area (Å²) >= 11 is 3.43. The highest BCUT2D eigenvalue weighted by molar-refractivity contribution is 9.10. The number of rotatable bonds is 8. The van der Waals surface area contributed by atoms with Gasteiger partial charge in [-0.3, -0.25) is 4.79 Å². The molecule has 6 nitrogen and oxygen atoms in total. The second-order valence-corrected chi connectivity index (χ2v) is 5.75. The molecule has 1 heterocycles. The molecule has 0 radical (unpaired) electrons. The van der Waals surface area contributed by atoms with E-state index in [0.717, 1.165) is 23.0 Å². The van der Waals surface area contributed by atoms with Gasteiger partial charge in [-0.1, -0.05) is 34.1 Å². The normalized spacial score (nSPS) is 10.3. The van der Waals surface area contributed by atoms with Crippen LogP contribution in [0, 0.1) is 0 Å². The molecule has 0 aliphatic rings. The van der Waals surface area contributed by atoms with Crippen molar-refractivity contribution in [3.8, 4) is 0 Å². The predicted octanol–water partition coefficient (Wildman–Crippen LogP) is 2.87. The Bertz CT molecular complexity index is 634. The van der Waals surface area contributed by atoms with Crippen LogP contribution in [0.4, 0.5) is 11.6 Å². The molecule has 1 amide bonds. The lowest BCUT2D eigenvalue weighted by atomic mass is 10.1. The van der Waals surface area contributed by atoms with Gasteiger partial charge in [-0.05, 0) is 30.2 Å². The minimum atomic E-state index is -0.132. The molecule has 0 aliphatic heterocycles. The highest BCUT2D eigenvalue weighted by atomic mass is 79.9. The number of hydrogen-bond donors (Lipinski definition) is 2. The number of ether oxygens (including phenoxy) is 1. The summed E-state index contributed by atoms with van der Waals surface area (Å²) < 4.78 is 5.89. The van der Waals surface area contributed by atoms with Gasteiger partial charge in [-0.25, -0.2) is 0 Å². The predicted molar refractivity (Wildman–Crippen MR) is 93.5 cm³/mol. The maximum atomic E-state index is 12.0. The molecule has 23 heavy (non-hydrogen) atoms. The quantitative estimate of drug-likeness (QED) is 0.690. The van der Waals surface area contributed by atoms with E-state index in [1.54, 1.807) is 19.2 Å². The molecule has 122 valence electrons. The Morgan fingerprint density at radius 3 is 2.61 bits per heavy atom. The molecule has 0 spiro atoms. The van der Waals surface area contributed by atoms with E-state index >= 15 is 0 Å². The number of halogens is 1. The van der Waals surface area contributed by atoms with Crippen LogP contribution in [0.2, 0.25) is 0 Å². The number of aromatic nitrogens is 2. The second-order valence-electron chi connectivity index (χ2n) is 4.89. The Labute approximate surface area is 143 Å². The Kier molecular flexibility index (Phi) is 6.96. The third-order valence-electron chi connectivity index (χ3n) is 3.07. The maximum absolute atomic E-state index is 12.0. The summed E-state index contributed by atoms with van der Waals surface area (Å²) in [5.41, 5.74) is 0.925. The smallest absolute Gasteiger partial charge is 0.230 e. The van der Waals surface area contributed by atoms with Crippen molar-refractivity contribution in [3.05, 3.63) is 46.4 Å². The van der Waals surface area contributed by atoms with E-state index in [0.29, 0.717) is 18.2 Å². The molecule has 1 aromatic carbocycles. The lowest BCUT2D eigenvalue weighted by Gasteiger charge is -2.07. The van der Waals surface area contributed by atoms with Crippen LogP contribution in [0.5, 0.6) is 0 Å². The third kappa shape index (κ3) is 5.96. The molecule has 0 aliphatic carbocycles. The van der Waals surface area contributed by atoms with Gasteiger partial charge in [-0.2, -0.15) is 0 Å². The monoisotopic (exact) mass is 378 g/mol. The van der Waals surface area contributed by atoms with E-state index in [2.05, 4.69) is 36.8 Å². The number of hydrogen-bond acceptors (Lipinski definition) is 5. The number of carbonyl (C=O) groups excluding carboxylic acids is 1. The molecule has 2 N–H and O–H groups in total. The summed E-state index contributed by atoms with van der Waals surface area (Å²) in [7, 11) is 1.67. The van der Waals surface area contributed by atoms with E-state index in [9.17, 15) is 4.79 Å². The molecule has 2 rings (SSSR count). The largest absolute Gasteiger partial charge is 0.385 e. The van der Waals surface area contributed by atoms with Crippen LogP contribution in [0.15, 0.2) is 40.9 Å². The molecule has 7 heteroatoms. The maximum Gasteiger partial charge on any atom is 0.230 e. The van der Waals surface area contributed by atoms with Crippen molar-refractivity contribution in [2.45, 2.75) is 12.8 Å². The fourth-order valence-corrected chi connectivity index (χ4v) is 2.35. The number of anilines is 2. The van der Waals surface area contributed by atoms with Crippen molar-refractivity contribution < 1.29 is 9.53 Å². The first-order valence-electron chi connectivity index (χ1n) is 7.29. The number of methoxy groups -OCH3 is 1. The zero-order valence-corrected chi connectivity index (χ0v) is 14.5. The highest BCUT2D eigenvalue weighted by Crippen LogP contribution is 2.16. The van der Waals surface area contributed by atoms with Gasteiger partial charge >= 0.3 is 0 Å². The van der Waals surface area contributed by atoms with E-state index in [1.165, 1.54) is 0 Å². The number of carbonyl (C=O) groups is 1. The summed E-state index contributed by atoms with van der Waals surface area (Å²) in [5, 5.41) is 13.9. The van der Waals surface area contributed by atoms with Crippen LogP contribution in [-0.4, -0.2) is 36.4 Å². The van der Waals surface area contributed by atoms with Crippen molar-refractivity contribution in [1.82, 2.24) is 10.2 Å². The summed E-state index contributed by atoms with van der Waals surface area (Å²) in [5.74, 6) is 0.974. The molecule has 0 atom stereocenters. The van der Waals surface area contributed by atoms with Crippen molar-refractivity contribution in [1.29, 1.82) is 0 Å². The van der Waals surface area contributed by atoms with E-state index < -0.39 is 0 Å². The van der Waals surface area contributed by atoms with Crippen LogP contribution in [0.25, 0.3) is 0 Å². The molecule has 0 unspecified atom stereocenters. The van der Waals surface area contributed by atoms with Gasteiger partial charge in [-0.15, -0.1) is 10.2 Å². The first-order chi connectivity index (χ1) is 11.2. The molecular weight excluding hydrogens is 360 g/mol. The van der Waals surface area contributed by atoms with Crippen LogP contribution < -0.4 is 10.6 Å². The minimum absolute atomic E-state index is 0.132. The fraction of sp³-hybridized carbons (Fsp3) is 0.312. The van der Waals surface area contributed by atoms with Gasteiger partial charge in [0.1, 0.15) is 5.82 Å². The molecular formula is C16H19BrN4O2. The molecule has 0 bridgehead atoms. The number of nitrogens with one attached hydrogen (secondary N) is 2. The SMILES string of the molecule is COCCCNc1ccc(NC(=O)Cc2ccccc2Br)nn1. The Morgan fingerprint density at radius 1 is 1.17 bits per heavy atom. The summed E-state index contributed by atoms with van der Waals surface area (Å²) in [4.78, 5) is 12.0. The Balaban J connectivity index is 1.83. The second kappa shape index (κ2) is 9.22. The average Bonchev–Trinajstić information content (AvgIpc) is 2.55. The van der Waals surface area contributed by atoms with E-state index in [-0.39, 0.29) is 12.3 Å². The van der Waals surface area contributed by atoms with E-state index in [4.69, 9.17) is 4.74 Å². The lowest BCUT2D eigenvalue weighted by molar-refractivity contribution is -0.115. The lowest BCUT2D eigenvalue weighted by Crippen LogP contribution is -2.16. The van der Waals surface area contributed by atoms with Gasteiger partial charge in [0.2, 0.25) is 5.91 Å². The summed E-state index contributed by atoms with van der Waals surface area (Å²) in [6.45, 7) is 1.46. The van der Waals surface area contributed by atoms with Gasteiger partial charge in [0.15, 0.2) is 5.82 Å². The van der Waals surface area contributed by atoms with Gasteiger partial charge in [0.25, 0.3) is 0 Å². The molecule has 0 saturated heterocycles. The van der Waals surface area contributed by atoms with Gasteiger partial charge in [0.05, 0.1) is 6.42 Å². The van der Waals surface area contributed by atoms with Gasteiger partial charge in [0, 0.05) is 24.7 Å². The first-order valence-corrected chi connectivity index (χ1v) is 8.08. The zero-order valence-electron chi connectivity index (χ0n) is 12.9. The van der Waals surface area contributed by atoms with Crippen molar-refractivity contribution >= 4 is 33.5 Å². The van der Waals surface area contributed by atoms with Crippen molar-refractivity contribution in [3.63, 3.8) is 0 Å². The highest BCUT2D eigenvalue weighted by Gasteiger charge is 2.07. The molecule has 0 saturated carbocycles. The van der Waals surface area contributed by atoms with Crippen molar-refractivity contribution in [2.75, 3.05) is 30.9 Å². The van der Waals surface area contributed by atoms with Crippen molar-refractivity contribution in [2.24, 2.45) is 0 Å². The van der Waals surface area contributed by atoms with Crippen LogP contribution in [0.1, 0.15) is 12.0 Å². The van der Waals surface area contributed by atoms with Gasteiger partial charge < -0.3 is 15.4 Å². The van der Waals surface area contributed by atoms with Crippen LogP contribution in [0.3, 0.4) is 0 Å². The average molecular weight is 379 g/mol. The fourth-order valence-electron chi connectivity index (χ4n) is 1.93. The molecule has 2 aromatic rings. The number of amides is 1. The molecule has 1 aromatic heterocycles. The molecule has 0 fully saturated rings. The first kappa shape index (κ1) is 17.4. The third-order valence-corrected chi connectivity index (χ3v) is 3.85. The van der Waals surface area contributed by atoms with E-state index in [1.807, 2.05) is 24.3 Å². The summed E-state index contributed by atoms with van der Waals surface area (Å²) in [6.07, 6.45) is 1.17. The topological polar surface area (TPSA) is 76.1 Å². The standard InChI is InChI=1S/C16H19BrN4O2/c1-23-10-4-9-18-14-7-8-15(21-20-14)19-16(22)11-12-5-2-3-6-13(12)17/h2-3,5-8H,4,9-11H2,1H3,(H,18,20)(H,19,21,22). The van der Waals surface area contributed by atoms with Crippen LogP contribution >= 0.6 is 15.9 Å². The zero-order chi connectivity index (χ0) is 16.5. The van der Waals surface area contributed by atoms with Crippen LogP contribution in [-0.2, 0) is 16.0 Å². The Morgan fingerprint density at radius 2 is 1.91 bits per heavy atom.